The molecule has 0 unspecified atom stereocenters. The first kappa shape index (κ1) is 24.2. The summed E-state index contributed by atoms with van der Waals surface area (Å²) in [5.74, 6) is -1.45. The van der Waals surface area contributed by atoms with Crippen molar-refractivity contribution in [3.8, 4) is 0 Å². The standard InChI is InChI=1S/C26H24N2O6S/c1-2-34-26(31)19-12-14-20(15-13-19)27-24(29)17-28-21-10-6-7-11-22(21)35(32,33)23(16-25(28)30)18-8-4-3-5-9-18/h3-15,23H,2,16-17H2,1H3,(H,27,29)/t23-/m1/s1. The average molecular weight is 493 g/mol. The van der Waals surface area contributed by atoms with Crippen LogP contribution in [0.25, 0.3) is 0 Å². The predicted molar refractivity (Wildman–Crippen MR) is 131 cm³/mol. The van der Waals surface area contributed by atoms with Crippen LogP contribution in [-0.4, -0.2) is 39.4 Å². The zero-order valence-corrected chi connectivity index (χ0v) is 19.8. The van der Waals surface area contributed by atoms with Crippen molar-refractivity contribution in [2.75, 3.05) is 23.4 Å². The minimum absolute atomic E-state index is 0.00583. The number of carbonyl (C=O) groups excluding carboxylic acids is 3. The molecule has 3 aromatic rings. The number of para-hydroxylation sites is 1. The molecule has 3 aromatic carbocycles. The average Bonchev–Trinajstić information content (AvgIpc) is 2.94. The fraction of sp³-hybridized carbons (Fsp3) is 0.192. The van der Waals surface area contributed by atoms with Gasteiger partial charge in [-0.05, 0) is 48.9 Å². The third kappa shape index (κ3) is 5.09. The molecule has 35 heavy (non-hydrogen) atoms. The van der Waals surface area contributed by atoms with Crippen molar-refractivity contribution in [2.45, 2.75) is 23.5 Å². The fourth-order valence-electron chi connectivity index (χ4n) is 3.97. The number of carbonyl (C=O) groups is 3. The highest BCUT2D eigenvalue weighted by molar-refractivity contribution is 7.92. The van der Waals surface area contributed by atoms with Crippen LogP contribution in [0, 0.1) is 0 Å². The molecular weight excluding hydrogens is 468 g/mol. The molecule has 1 aliphatic rings. The summed E-state index contributed by atoms with van der Waals surface area (Å²) in [6, 6.07) is 21.0. The van der Waals surface area contributed by atoms with Crippen LogP contribution in [0.15, 0.2) is 83.8 Å². The van der Waals surface area contributed by atoms with Gasteiger partial charge in [0.25, 0.3) is 0 Å². The predicted octanol–water partition coefficient (Wildman–Crippen LogP) is 3.75. The van der Waals surface area contributed by atoms with Crippen molar-refractivity contribution in [2.24, 2.45) is 0 Å². The molecule has 9 heteroatoms. The Balaban J connectivity index is 1.59. The third-order valence-corrected chi connectivity index (χ3v) is 7.80. The Hall–Kier alpha value is -3.98. The van der Waals surface area contributed by atoms with Gasteiger partial charge in [-0.3, -0.25) is 9.59 Å². The molecule has 0 fully saturated rings. The molecule has 8 nitrogen and oxygen atoms in total. The van der Waals surface area contributed by atoms with Crippen LogP contribution in [0.4, 0.5) is 11.4 Å². The van der Waals surface area contributed by atoms with E-state index in [2.05, 4.69) is 5.32 Å². The molecule has 1 aliphatic heterocycles. The minimum atomic E-state index is -3.89. The van der Waals surface area contributed by atoms with E-state index in [1.54, 1.807) is 61.5 Å². The first-order chi connectivity index (χ1) is 16.8. The summed E-state index contributed by atoms with van der Waals surface area (Å²) < 4.78 is 32.0. The number of benzene rings is 3. The Morgan fingerprint density at radius 1 is 0.971 bits per heavy atom. The molecule has 0 radical (unpaired) electrons. The molecule has 2 amide bonds. The van der Waals surface area contributed by atoms with Crippen LogP contribution < -0.4 is 10.2 Å². The van der Waals surface area contributed by atoms with Crippen molar-refractivity contribution in [3.05, 3.63) is 90.0 Å². The number of hydrogen-bond donors (Lipinski definition) is 1. The number of anilines is 2. The number of sulfone groups is 1. The second kappa shape index (κ2) is 10.1. The fourth-order valence-corrected chi connectivity index (χ4v) is 5.90. The molecule has 0 spiro atoms. The molecule has 0 saturated heterocycles. The van der Waals surface area contributed by atoms with Gasteiger partial charge in [0.2, 0.25) is 11.8 Å². The summed E-state index contributed by atoms with van der Waals surface area (Å²) in [5, 5.41) is 1.63. The molecule has 0 saturated carbocycles. The van der Waals surface area contributed by atoms with E-state index in [-0.39, 0.29) is 30.2 Å². The lowest BCUT2D eigenvalue weighted by molar-refractivity contribution is -0.121. The molecule has 0 aliphatic carbocycles. The Kier molecular flexibility index (Phi) is 6.97. The summed E-state index contributed by atoms with van der Waals surface area (Å²) >= 11 is 0. The highest BCUT2D eigenvalue weighted by Crippen LogP contribution is 2.40. The topological polar surface area (TPSA) is 110 Å². The third-order valence-electron chi connectivity index (χ3n) is 5.65. The van der Waals surface area contributed by atoms with E-state index in [1.807, 2.05) is 0 Å². The second-order valence-electron chi connectivity index (χ2n) is 7.94. The zero-order chi connectivity index (χ0) is 25.0. The first-order valence-electron chi connectivity index (χ1n) is 11.1. The van der Waals surface area contributed by atoms with Gasteiger partial charge in [-0.15, -0.1) is 0 Å². The van der Waals surface area contributed by atoms with E-state index >= 15 is 0 Å². The van der Waals surface area contributed by atoms with Crippen molar-refractivity contribution in [3.63, 3.8) is 0 Å². The van der Waals surface area contributed by atoms with Crippen LogP contribution >= 0.6 is 0 Å². The Morgan fingerprint density at radius 3 is 2.31 bits per heavy atom. The van der Waals surface area contributed by atoms with E-state index in [9.17, 15) is 22.8 Å². The number of rotatable bonds is 6. The van der Waals surface area contributed by atoms with Crippen LogP contribution in [0.5, 0.6) is 0 Å². The lowest BCUT2D eigenvalue weighted by atomic mass is 10.1. The molecule has 1 atom stereocenters. The smallest absolute Gasteiger partial charge is 0.338 e. The monoisotopic (exact) mass is 492 g/mol. The molecule has 1 heterocycles. The number of fused-ring (bicyclic) bond motifs is 1. The number of nitrogens with zero attached hydrogens (tertiary/aromatic N) is 1. The Labute approximate surface area is 203 Å². The van der Waals surface area contributed by atoms with E-state index in [4.69, 9.17) is 4.74 Å². The summed E-state index contributed by atoms with van der Waals surface area (Å²) in [5.41, 5.74) is 1.46. The van der Waals surface area contributed by atoms with Crippen molar-refractivity contribution in [1.82, 2.24) is 0 Å². The van der Waals surface area contributed by atoms with Gasteiger partial charge in [-0.25, -0.2) is 13.2 Å². The summed E-state index contributed by atoms with van der Waals surface area (Å²) in [6.45, 7) is 1.60. The van der Waals surface area contributed by atoms with Crippen LogP contribution in [-0.2, 0) is 24.2 Å². The first-order valence-corrected chi connectivity index (χ1v) is 12.6. The van der Waals surface area contributed by atoms with Crippen LogP contribution in [0.1, 0.15) is 34.5 Å². The largest absolute Gasteiger partial charge is 0.462 e. The maximum Gasteiger partial charge on any atom is 0.338 e. The van der Waals surface area contributed by atoms with E-state index in [0.717, 1.165) is 0 Å². The van der Waals surface area contributed by atoms with Gasteiger partial charge in [0.15, 0.2) is 9.84 Å². The number of amides is 2. The van der Waals surface area contributed by atoms with E-state index in [1.165, 1.54) is 29.2 Å². The number of hydrogen-bond acceptors (Lipinski definition) is 6. The van der Waals surface area contributed by atoms with Crippen LogP contribution in [0.2, 0.25) is 0 Å². The quantitative estimate of drug-likeness (QED) is 0.525. The van der Waals surface area contributed by atoms with Gasteiger partial charge >= 0.3 is 5.97 Å². The number of ether oxygens (including phenoxy) is 1. The number of nitrogens with one attached hydrogen (secondary N) is 1. The van der Waals surface area contributed by atoms with Crippen LogP contribution in [0.3, 0.4) is 0 Å². The van der Waals surface area contributed by atoms with Crippen molar-refractivity contribution >= 4 is 39.0 Å². The Morgan fingerprint density at radius 2 is 1.63 bits per heavy atom. The maximum absolute atomic E-state index is 13.5. The van der Waals surface area contributed by atoms with Gasteiger partial charge < -0.3 is 15.0 Å². The summed E-state index contributed by atoms with van der Waals surface area (Å²) in [4.78, 5) is 39.1. The SMILES string of the molecule is CCOC(=O)c1ccc(NC(=O)CN2C(=O)C[C@H](c3ccccc3)S(=O)(=O)c3ccccc32)cc1. The molecular formula is C26H24N2O6S. The van der Waals surface area contributed by atoms with Crippen molar-refractivity contribution in [1.29, 1.82) is 0 Å². The summed E-state index contributed by atoms with van der Waals surface area (Å²) in [6.07, 6.45) is -0.289. The highest BCUT2D eigenvalue weighted by Gasteiger charge is 2.39. The van der Waals surface area contributed by atoms with Gasteiger partial charge in [0.1, 0.15) is 6.54 Å². The summed E-state index contributed by atoms with van der Waals surface area (Å²) in [7, 11) is -3.89. The molecule has 180 valence electrons. The lowest BCUT2D eigenvalue weighted by Crippen LogP contribution is -2.38. The van der Waals surface area contributed by atoms with Gasteiger partial charge in [0.05, 0.1) is 28.0 Å². The molecule has 0 bridgehead atoms. The maximum atomic E-state index is 13.5. The van der Waals surface area contributed by atoms with E-state index in [0.29, 0.717) is 16.8 Å². The van der Waals surface area contributed by atoms with Crippen molar-refractivity contribution < 1.29 is 27.5 Å². The van der Waals surface area contributed by atoms with Gasteiger partial charge in [-0.2, -0.15) is 0 Å². The van der Waals surface area contributed by atoms with E-state index < -0.39 is 32.9 Å². The zero-order valence-electron chi connectivity index (χ0n) is 19.0. The minimum Gasteiger partial charge on any atom is -0.462 e. The Bertz CT molecular complexity index is 1350. The molecule has 0 aromatic heterocycles. The number of esters is 1. The van der Waals surface area contributed by atoms with Gasteiger partial charge in [-0.1, -0.05) is 42.5 Å². The molecule has 4 rings (SSSR count). The normalized spacial score (nSPS) is 16.7. The highest BCUT2D eigenvalue weighted by atomic mass is 32.2. The molecule has 1 N–H and O–H groups in total. The lowest BCUT2D eigenvalue weighted by Gasteiger charge is -2.21. The second-order valence-corrected chi connectivity index (χ2v) is 10.0. The van der Waals surface area contributed by atoms with Gasteiger partial charge in [0, 0.05) is 12.1 Å².